The lowest BCUT2D eigenvalue weighted by Crippen LogP contribution is -2.28. The van der Waals surface area contributed by atoms with E-state index in [-0.39, 0.29) is 6.61 Å². The van der Waals surface area contributed by atoms with E-state index in [4.69, 9.17) is 9.84 Å². The van der Waals surface area contributed by atoms with E-state index >= 15 is 0 Å². The van der Waals surface area contributed by atoms with Crippen LogP contribution < -0.4 is 4.74 Å². The maximum atomic E-state index is 8.61. The second kappa shape index (κ2) is 9.43. The summed E-state index contributed by atoms with van der Waals surface area (Å²) in [6.45, 7) is 8.09. The maximum Gasteiger partial charge on any atom is 0.119 e. The van der Waals surface area contributed by atoms with E-state index in [1.54, 1.807) is 0 Å². The van der Waals surface area contributed by atoms with Crippen LogP contribution in [0.15, 0.2) is 24.3 Å². The fourth-order valence-corrected chi connectivity index (χ4v) is 1.81. The van der Waals surface area contributed by atoms with Crippen molar-refractivity contribution in [3.63, 3.8) is 0 Å². The molecule has 0 aliphatic heterocycles. The smallest absolute Gasteiger partial charge is 0.119 e. The Hall–Kier alpha value is -1.50. The molecule has 0 atom stereocenters. The minimum Gasteiger partial charge on any atom is -0.492 e. The Morgan fingerprint density at radius 2 is 1.89 bits per heavy atom. The van der Waals surface area contributed by atoms with Crippen LogP contribution in [0.4, 0.5) is 0 Å². The molecule has 0 saturated heterocycles. The van der Waals surface area contributed by atoms with Gasteiger partial charge in [-0.15, -0.1) is 0 Å². The van der Waals surface area contributed by atoms with Crippen molar-refractivity contribution in [1.29, 1.82) is 0 Å². The van der Waals surface area contributed by atoms with Crippen LogP contribution in [0.2, 0.25) is 0 Å². The Morgan fingerprint density at radius 1 is 1.16 bits per heavy atom. The lowest BCUT2D eigenvalue weighted by atomic mass is 10.2. The molecule has 0 heterocycles. The fraction of sp³-hybridized carbons (Fsp3) is 0.500. The normalized spacial score (nSPS) is 10.1. The number of aliphatic hydroxyl groups is 1. The minimum absolute atomic E-state index is 0.109. The highest BCUT2D eigenvalue weighted by molar-refractivity contribution is 5.38. The molecule has 0 aromatic heterocycles. The van der Waals surface area contributed by atoms with Gasteiger partial charge in [0.2, 0.25) is 0 Å². The molecule has 0 amide bonds. The number of ether oxygens (including phenoxy) is 1. The third-order valence-corrected chi connectivity index (χ3v) is 2.83. The molecule has 0 fully saturated rings. The molecule has 0 saturated carbocycles. The Balaban J connectivity index is 2.37. The van der Waals surface area contributed by atoms with Crippen LogP contribution in [0.5, 0.6) is 5.75 Å². The first-order chi connectivity index (χ1) is 9.30. The van der Waals surface area contributed by atoms with E-state index in [2.05, 4.69) is 30.6 Å². The predicted octanol–water partition coefficient (Wildman–Crippen LogP) is 2.14. The third kappa shape index (κ3) is 6.28. The average Bonchev–Trinajstić information content (AvgIpc) is 2.45. The Morgan fingerprint density at radius 3 is 2.47 bits per heavy atom. The summed E-state index contributed by atoms with van der Waals surface area (Å²) >= 11 is 0. The van der Waals surface area contributed by atoms with Gasteiger partial charge in [0.1, 0.15) is 19.0 Å². The van der Waals surface area contributed by atoms with Crippen molar-refractivity contribution < 1.29 is 9.84 Å². The SMILES string of the molecule is CCCN(CC)CCOc1ccc(C#CCO)cc1. The van der Waals surface area contributed by atoms with E-state index in [1.165, 1.54) is 6.42 Å². The van der Waals surface area contributed by atoms with Crippen LogP contribution in [0.3, 0.4) is 0 Å². The van der Waals surface area contributed by atoms with Crippen LogP contribution in [0, 0.1) is 11.8 Å². The number of benzene rings is 1. The largest absolute Gasteiger partial charge is 0.492 e. The van der Waals surface area contributed by atoms with Gasteiger partial charge in [-0.05, 0) is 43.8 Å². The fourth-order valence-electron chi connectivity index (χ4n) is 1.81. The molecule has 0 radical (unpaired) electrons. The van der Waals surface area contributed by atoms with Gasteiger partial charge in [0.25, 0.3) is 0 Å². The summed E-state index contributed by atoms with van der Waals surface area (Å²) in [5, 5.41) is 8.61. The van der Waals surface area contributed by atoms with Gasteiger partial charge in [-0.2, -0.15) is 0 Å². The first kappa shape index (κ1) is 15.6. The molecular weight excluding hydrogens is 238 g/mol. The number of rotatable bonds is 7. The van der Waals surface area contributed by atoms with Crippen molar-refractivity contribution in [2.24, 2.45) is 0 Å². The van der Waals surface area contributed by atoms with Crippen LogP contribution in [-0.4, -0.2) is 42.9 Å². The summed E-state index contributed by atoms with van der Waals surface area (Å²) < 4.78 is 5.70. The monoisotopic (exact) mass is 261 g/mol. The third-order valence-electron chi connectivity index (χ3n) is 2.83. The average molecular weight is 261 g/mol. The summed E-state index contributed by atoms with van der Waals surface area (Å²) in [4.78, 5) is 2.38. The molecule has 0 aliphatic carbocycles. The molecule has 1 aromatic carbocycles. The molecule has 0 bridgehead atoms. The highest BCUT2D eigenvalue weighted by Crippen LogP contribution is 2.11. The Labute approximate surface area is 116 Å². The summed E-state index contributed by atoms with van der Waals surface area (Å²) in [6, 6.07) is 7.64. The highest BCUT2D eigenvalue weighted by atomic mass is 16.5. The molecule has 3 heteroatoms. The number of likely N-dealkylation sites (N-methyl/N-ethyl adjacent to an activating group) is 1. The summed E-state index contributed by atoms with van der Waals surface area (Å²) in [5.74, 6) is 6.34. The first-order valence-electron chi connectivity index (χ1n) is 6.85. The molecule has 19 heavy (non-hydrogen) atoms. The Kier molecular flexibility index (Phi) is 7.72. The number of aliphatic hydroxyl groups excluding tert-OH is 1. The van der Waals surface area contributed by atoms with Gasteiger partial charge in [-0.25, -0.2) is 0 Å². The van der Waals surface area contributed by atoms with Gasteiger partial charge in [-0.1, -0.05) is 25.7 Å². The first-order valence-corrected chi connectivity index (χ1v) is 6.85. The zero-order valence-electron chi connectivity index (χ0n) is 11.9. The van der Waals surface area contributed by atoms with Gasteiger partial charge in [0.15, 0.2) is 0 Å². The van der Waals surface area contributed by atoms with Crippen molar-refractivity contribution in [1.82, 2.24) is 4.90 Å². The topological polar surface area (TPSA) is 32.7 Å². The molecule has 1 rings (SSSR count). The van der Waals surface area contributed by atoms with Crippen molar-refractivity contribution in [2.45, 2.75) is 20.3 Å². The van der Waals surface area contributed by atoms with Crippen molar-refractivity contribution in [2.75, 3.05) is 32.8 Å². The molecule has 0 unspecified atom stereocenters. The van der Waals surface area contributed by atoms with Gasteiger partial charge in [0.05, 0.1) is 0 Å². The number of nitrogens with zero attached hydrogens (tertiary/aromatic N) is 1. The van der Waals surface area contributed by atoms with Crippen molar-refractivity contribution >= 4 is 0 Å². The van der Waals surface area contributed by atoms with Crippen LogP contribution in [0.1, 0.15) is 25.8 Å². The summed E-state index contributed by atoms with van der Waals surface area (Å²) in [5.41, 5.74) is 0.891. The molecule has 0 aliphatic rings. The lowest BCUT2D eigenvalue weighted by Gasteiger charge is -2.19. The van der Waals surface area contributed by atoms with Gasteiger partial charge in [0, 0.05) is 12.1 Å². The van der Waals surface area contributed by atoms with Crippen LogP contribution in [0.25, 0.3) is 0 Å². The van der Waals surface area contributed by atoms with Crippen LogP contribution >= 0.6 is 0 Å². The number of hydrogen-bond acceptors (Lipinski definition) is 3. The van der Waals surface area contributed by atoms with Gasteiger partial charge < -0.3 is 14.7 Å². The Bertz CT molecular complexity index is 403. The highest BCUT2D eigenvalue weighted by Gasteiger charge is 2.01. The van der Waals surface area contributed by atoms with Gasteiger partial charge >= 0.3 is 0 Å². The number of hydrogen-bond donors (Lipinski definition) is 1. The van der Waals surface area contributed by atoms with E-state index < -0.39 is 0 Å². The zero-order valence-corrected chi connectivity index (χ0v) is 11.9. The molecular formula is C16H23NO2. The van der Waals surface area contributed by atoms with Crippen molar-refractivity contribution in [3.8, 4) is 17.6 Å². The second-order valence-electron chi connectivity index (χ2n) is 4.27. The lowest BCUT2D eigenvalue weighted by molar-refractivity contribution is 0.216. The molecule has 3 nitrogen and oxygen atoms in total. The summed E-state index contributed by atoms with van der Waals surface area (Å²) in [7, 11) is 0. The van der Waals surface area contributed by atoms with E-state index in [9.17, 15) is 0 Å². The van der Waals surface area contributed by atoms with Gasteiger partial charge in [-0.3, -0.25) is 0 Å². The van der Waals surface area contributed by atoms with E-state index in [0.29, 0.717) is 6.61 Å². The predicted molar refractivity (Wildman–Crippen MR) is 78.3 cm³/mol. The van der Waals surface area contributed by atoms with E-state index in [1.807, 2.05) is 24.3 Å². The maximum absolute atomic E-state index is 8.61. The second-order valence-corrected chi connectivity index (χ2v) is 4.27. The quantitative estimate of drug-likeness (QED) is 0.763. The summed E-state index contributed by atoms with van der Waals surface area (Å²) in [6.07, 6.45) is 1.17. The molecule has 1 aromatic rings. The minimum atomic E-state index is -0.109. The zero-order chi connectivity index (χ0) is 13.9. The standard InChI is InChI=1S/C16H23NO2/c1-3-11-17(4-2)12-14-19-16-9-7-15(8-10-16)6-5-13-18/h7-10,18H,3-4,11-14H2,1-2H3. The van der Waals surface area contributed by atoms with E-state index in [0.717, 1.165) is 30.9 Å². The molecule has 104 valence electrons. The molecule has 0 spiro atoms. The molecule has 1 N–H and O–H groups in total. The van der Waals surface area contributed by atoms with Crippen LogP contribution in [-0.2, 0) is 0 Å². The van der Waals surface area contributed by atoms with Crippen molar-refractivity contribution in [3.05, 3.63) is 29.8 Å².